The first-order chi connectivity index (χ1) is 11.2. The first-order valence-electron chi connectivity index (χ1n) is 7.54. The normalized spacial score (nSPS) is 16.4. The van der Waals surface area contributed by atoms with Crippen LogP contribution in [-0.2, 0) is 0 Å². The van der Waals surface area contributed by atoms with E-state index in [1.54, 1.807) is 11.3 Å². The number of fused-ring (bicyclic) bond motifs is 1. The molecular weight excluding hydrogens is 304 g/mol. The second-order valence-electron chi connectivity index (χ2n) is 5.63. The molecule has 0 unspecified atom stereocenters. The molecule has 1 aliphatic rings. The topological polar surface area (TPSA) is 41.1 Å². The highest BCUT2D eigenvalue weighted by atomic mass is 32.1. The van der Waals surface area contributed by atoms with Gasteiger partial charge < -0.3 is 10.6 Å². The van der Waals surface area contributed by atoms with Crippen LogP contribution in [-0.4, -0.2) is 5.91 Å². The number of aryl methyl sites for hydroxylation is 1. The summed E-state index contributed by atoms with van der Waals surface area (Å²) in [5, 5.41) is 9.52. The Kier molecular flexibility index (Phi) is 3.39. The molecule has 0 aliphatic carbocycles. The van der Waals surface area contributed by atoms with Crippen LogP contribution in [0.1, 0.15) is 27.7 Å². The smallest absolute Gasteiger partial charge is 0.256 e. The summed E-state index contributed by atoms with van der Waals surface area (Å²) >= 11 is 1.58. The highest BCUT2D eigenvalue weighted by Gasteiger charge is 2.29. The van der Waals surface area contributed by atoms with E-state index in [4.69, 9.17) is 0 Å². The zero-order chi connectivity index (χ0) is 15.8. The molecule has 1 aliphatic heterocycles. The molecule has 1 atom stereocenters. The van der Waals surface area contributed by atoms with Crippen molar-refractivity contribution in [3.8, 4) is 11.1 Å². The van der Waals surface area contributed by atoms with Crippen LogP contribution in [0.4, 0.5) is 5.00 Å². The summed E-state index contributed by atoms with van der Waals surface area (Å²) in [5.41, 5.74) is 5.05. The van der Waals surface area contributed by atoms with Crippen molar-refractivity contribution in [1.29, 1.82) is 0 Å². The number of thiophene rings is 1. The van der Waals surface area contributed by atoms with Gasteiger partial charge in [0.15, 0.2) is 0 Å². The van der Waals surface area contributed by atoms with Gasteiger partial charge in [-0.05, 0) is 23.6 Å². The van der Waals surface area contributed by atoms with E-state index in [1.807, 2.05) is 53.9 Å². The van der Waals surface area contributed by atoms with E-state index in [-0.39, 0.29) is 12.1 Å². The molecule has 0 fully saturated rings. The molecule has 114 valence electrons. The molecule has 1 amide bonds. The van der Waals surface area contributed by atoms with E-state index in [0.717, 1.165) is 32.8 Å². The number of hydrogen-bond acceptors (Lipinski definition) is 3. The fourth-order valence-electron chi connectivity index (χ4n) is 2.96. The van der Waals surface area contributed by atoms with Crippen molar-refractivity contribution < 1.29 is 4.79 Å². The van der Waals surface area contributed by atoms with Gasteiger partial charge in [-0.3, -0.25) is 4.79 Å². The van der Waals surface area contributed by atoms with Crippen molar-refractivity contribution >= 4 is 22.2 Å². The summed E-state index contributed by atoms with van der Waals surface area (Å²) in [6.07, 6.45) is -0.182. The van der Waals surface area contributed by atoms with Crippen molar-refractivity contribution in [3.63, 3.8) is 0 Å². The Bertz CT molecular complexity index is 870. The lowest BCUT2D eigenvalue weighted by Crippen LogP contribution is -2.38. The second-order valence-corrected chi connectivity index (χ2v) is 6.51. The first-order valence-corrected chi connectivity index (χ1v) is 8.42. The lowest BCUT2D eigenvalue weighted by atomic mass is 10.0. The van der Waals surface area contributed by atoms with Crippen molar-refractivity contribution in [3.05, 3.63) is 76.7 Å². The number of amides is 1. The Morgan fingerprint density at radius 3 is 2.48 bits per heavy atom. The molecule has 2 aromatic carbocycles. The number of carbonyl (C=O) groups excluding carboxylic acids is 1. The van der Waals surface area contributed by atoms with E-state index >= 15 is 0 Å². The number of anilines is 1. The molecule has 2 heterocycles. The summed E-state index contributed by atoms with van der Waals surface area (Å²) in [4.78, 5) is 12.7. The van der Waals surface area contributed by atoms with E-state index in [1.165, 1.54) is 0 Å². The van der Waals surface area contributed by atoms with Crippen LogP contribution < -0.4 is 10.6 Å². The van der Waals surface area contributed by atoms with Gasteiger partial charge in [0.2, 0.25) is 0 Å². The molecule has 0 saturated carbocycles. The molecule has 3 aromatic rings. The maximum absolute atomic E-state index is 12.7. The maximum atomic E-state index is 12.7. The van der Waals surface area contributed by atoms with Gasteiger partial charge in [0.1, 0.15) is 11.2 Å². The van der Waals surface area contributed by atoms with Gasteiger partial charge in [0.05, 0.1) is 5.56 Å². The minimum Gasteiger partial charge on any atom is -0.353 e. The van der Waals surface area contributed by atoms with Gasteiger partial charge in [-0.25, -0.2) is 0 Å². The number of hydrogen-bond donors (Lipinski definition) is 2. The molecule has 1 aromatic heterocycles. The first kappa shape index (κ1) is 14.0. The molecule has 0 radical (unpaired) electrons. The van der Waals surface area contributed by atoms with Crippen molar-refractivity contribution in [2.45, 2.75) is 13.1 Å². The molecule has 4 rings (SSSR count). The lowest BCUT2D eigenvalue weighted by molar-refractivity contribution is 0.0937. The predicted octanol–water partition coefficient (Wildman–Crippen LogP) is 4.58. The van der Waals surface area contributed by atoms with Gasteiger partial charge in [0.25, 0.3) is 5.91 Å². The Morgan fingerprint density at radius 2 is 1.70 bits per heavy atom. The van der Waals surface area contributed by atoms with E-state index in [2.05, 4.69) is 23.6 Å². The summed E-state index contributed by atoms with van der Waals surface area (Å²) in [5.74, 6) is -0.0212. The molecule has 0 saturated heterocycles. The SMILES string of the molecule is Cc1ccccc1[C@@H]1NC(=O)c2c(-c3ccccc3)csc2N1. The third-order valence-corrected chi connectivity index (χ3v) is 5.06. The standard InChI is InChI=1S/C19H16N2OS/c1-12-7-5-6-10-14(12)17-20-18(22)16-15(11-23-19(16)21-17)13-8-3-2-4-9-13/h2-11,17,21H,1H3,(H,20,22)/t17-/m1/s1. The van der Waals surface area contributed by atoms with Gasteiger partial charge in [-0.15, -0.1) is 11.3 Å². The van der Waals surface area contributed by atoms with Crippen LogP contribution in [0.2, 0.25) is 0 Å². The predicted molar refractivity (Wildman–Crippen MR) is 94.8 cm³/mol. The van der Waals surface area contributed by atoms with Crippen LogP contribution in [0.5, 0.6) is 0 Å². The molecule has 0 bridgehead atoms. The lowest BCUT2D eigenvalue weighted by Gasteiger charge is -2.27. The van der Waals surface area contributed by atoms with Crippen LogP contribution >= 0.6 is 11.3 Å². The highest BCUT2D eigenvalue weighted by Crippen LogP contribution is 2.39. The van der Waals surface area contributed by atoms with Crippen LogP contribution in [0.25, 0.3) is 11.1 Å². The van der Waals surface area contributed by atoms with Gasteiger partial charge in [-0.1, -0.05) is 54.6 Å². The van der Waals surface area contributed by atoms with Crippen molar-refractivity contribution in [2.75, 3.05) is 5.32 Å². The maximum Gasteiger partial charge on any atom is 0.256 e. The van der Waals surface area contributed by atoms with Gasteiger partial charge in [-0.2, -0.15) is 0 Å². The Morgan fingerprint density at radius 1 is 0.957 bits per heavy atom. The monoisotopic (exact) mass is 320 g/mol. The Labute approximate surface area is 139 Å². The van der Waals surface area contributed by atoms with Crippen LogP contribution in [0.3, 0.4) is 0 Å². The zero-order valence-electron chi connectivity index (χ0n) is 12.7. The number of rotatable bonds is 2. The molecule has 0 spiro atoms. The van der Waals surface area contributed by atoms with Crippen molar-refractivity contribution in [2.24, 2.45) is 0 Å². The largest absolute Gasteiger partial charge is 0.353 e. The molecule has 4 heteroatoms. The average molecular weight is 320 g/mol. The molecular formula is C19H16N2OS. The number of nitrogens with one attached hydrogen (secondary N) is 2. The Balaban J connectivity index is 1.74. The van der Waals surface area contributed by atoms with Crippen LogP contribution in [0, 0.1) is 6.92 Å². The number of carbonyl (C=O) groups is 1. The second kappa shape index (κ2) is 5.56. The van der Waals surface area contributed by atoms with E-state index < -0.39 is 0 Å². The fraction of sp³-hybridized carbons (Fsp3) is 0.105. The zero-order valence-corrected chi connectivity index (χ0v) is 13.5. The third kappa shape index (κ3) is 2.41. The van der Waals surface area contributed by atoms with E-state index in [0.29, 0.717) is 0 Å². The van der Waals surface area contributed by atoms with Gasteiger partial charge in [0, 0.05) is 10.9 Å². The number of benzene rings is 2. The third-order valence-electron chi connectivity index (χ3n) is 4.15. The van der Waals surface area contributed by atoms with E-state index in [9.17, 15) is 4.79 Å². The van der Waals surface area contributed by atoms with Crippen LogP contribution in [0.15, 0.2) is 60.0 Å². The average Bonchev–Trinajstić information content (AvgIpc) is 3.00. The molecule has 23 heavy (non-hydrogen) atoms. The molecule has 3 nitrogen and oxygen atoms in total. The Hall–Kier alpha value is -2.59. The molecule has 2 N–H and O–H groups in total. The minimum absolute atomic E-state index is 0.0212. The minimum atomic E-state index is -0.182. The van der Waals surface area contributed by atoms with Gasteiger partial charge >= 0.3 is 0 Å². The summed E-state index contributed by atoms with van der Waals surface area (Å²) in [7, 11) is 0. The summed E-state index contributed by atoms with van der Waals surface area (Å²) < 4.78 is 0. The highest BCUT2D eigenvalue weighted by molar-refractivity contribution is 7.15. The summed E-state index contributed by atoms with van der Waals surface area (Å²) in [6.45, 7) is 2.06. The quantitative estimate of drug-likeness (QED) is 0.726. The van der Waals surface area contributed by atoms with Crippen molar-refractivity contribution in [1.82, 2.24) is 5.32 Å². The summed E-state index contributed by atoms with van der Waals surface area (Å²) in [6, 6.07) is 18.1. The fourth-order valence-corrected chi connectivity index (χ4v) is 3.95.